The van der Waals surface area contributed by atoms with Crippen molar-refractivity contribution < 1.29 is 0 Å². The Balaban J connectivity index is 2.39. The fourth-order valence-corrected chi connectivity index (χ4v) is 1.64. The molecular weight excluding hydrogens is 134 g/mol. The van der Waals surface area contributed by atoms with Crippen molar-refractivity contribution in [2.24, 2.45) is 11.8 Å². The second-order valence-corrected chi connectivity index (χ2v) is 3.77. The van der Waals surface area contributed by atoms with Gasteiger partial charge in [0.1, 0.15) is 0 Å². The first-order valence-electron chi connectivity index (χ1n) is 4.61. The van der Waals surface area contributed by atoms with Crippen molar-refractivity contribution in [1.82, 2.24) is 5.32 Å². The van der Waals surface area contributed by atoms with Crippen LogP contribution in [0.2, 0.25) is 0 Å². The van der Waals surface area contributed by atoms with Crippen LogP contribution in [-0.4, -0.2) is 13.1 Å². The quantitative estimate of drug-likeness (QED) is 0.600. The second-order valence-electron chi connectivity index (χ2n) is 3.77. The maximum Gasteiger partial charge on any atom is 0.00169 e. The lowest BCUT2D eigenvalue weighted by Crippen LogP contribution is -2.31. The molecule has 1 unspecified atom stereocenters. The lowest BCUT2D eigenvalue weighted by atomic mass is 9.86. The van der Waals surface area contributed by atoms with Crippen LogP contribution in [0.1, 0.15) is 26.7 Å². The molecular formula is C10H19N. The van der Waals surface area contributed by atoms with Crippen LogP contribution in [0, 0.1) is 11.8 Å². The van der Waals surface area contributed by atoms with E-state index in [1.165, 1.54) is 25.0 Å². The summed E-state index contributed by atoms with van der Waals surface area (Å²) in [6.07, 6.45) is 2.65. The highest BCUT2D eigenvalue weighted by atomic mass is 14.9. The van der Waals surface area contributed by atoms with Crippen LogP contribution in [0.5, 0.6) is 0 Å². The largest absolute Gasteiger partial charge is 0.316 e. The summed E-state index contributed by atoms with van der Waals surface area (Å²) in [6.45, 7) is 11.0. The van der Waals surface area contributed by atoms with Crippen LogP contribution in [0.4, 0.5) is 0 Å². The number of nitrogens with one attached hydrogen (secondary N) is 1. The minimum atomic E-state index is 0.653. The van der Waals surface area contributed by atoms with Gasteiger partial charge in [-0.2, -0.15) is 0 Å². The molecule has 1 heterocycles. The summed E-state index contributed by atoms with van der Waals surface area (Å²) in [5.41, 5.74) is 1.43. The summed E-state index contributed by atoms with van der Waals surface area (Å²) in [4.78, 5) is 0. The van der Waals surface area contributed by atoms with Crippen LogP contribution in [-0.2, 0) is 0 Å². The van der Waals surface area contributed by atoms with Gasteiger partial charge in [-0.15, -0.1) is 0 Å². The predicted molar refractivity (Wildman–Crippen MR) is 49.6 cm³/mol. The molecule has 1 aliphatic heterocycles. The normalized spacial score (nSPS) is 25.5. The molecule has 0 aromatic rings. The van der Waals surface area contributed by atoms with Crippen molar-refractivity contribution >= 4 is 0 Å². The van der Waals surface area contributed by atoms with Gasteiger partial charge in [-0.3, -0.25) is 0 Å². The van der Waals surface area contributed by atoms with Crippen molar-refractivity contribution in [3.05, 3.63) is 12.2 Å². The Bertz CT molecular complexity index is 132. The molecule has 1 heteroatoms. The van der Waals surface area contributed by atoms with Crippen LogP contribution in [0.15, 0.2) is 12.2 Å². The molecule has 11 heavy (non-hydrogen) atoms. The predicted octanol–water partition coefficient (Wildman–Crippen LogP) is 2.20. The Hall–Kier alpha value is -0.300. The molecule has 1 fully saturated rings. The van der Waals surface area contributed by atoms with Gasteiger partial charge in [-0.25, -0.2) is 0 Å². The first-order valence-corrected chi connectivity index (χ1v) is 4.61. The highest BCUT2D eigenvalue weighted by molar-refractivity contribution is 5.05. The van der Waals surface area contributed by atoms with Crippen molar-refractivity contribution in [3.63, 3.8) is 0 Å². The van der Waals surface area contributed by atoms with E-state index in [1.807, 2.05) is 0 Å². The maximum atomic E-state index is 4.14. The van der Waals surface area contributed by atoms with Gasteiger partial charge in [-0.05, 0) is 31.2 Å². The molecule has 1 nitrogen and oxygen atoms in total. The van der Waals surface area contributed by atoms with E-state index in [9.17, 15) is 0 Å². The molecule has 1 aliphatic rings. The minimum absolute atomic E-state index is 0.653. The van der Waals surface area contributed by atoms with E-state index in [1.54, 1.807) is 0 Å². The monoisotopic (exact) mass is 153 g/mol. The van der Waals surface area contributed by atoms with Crippen molar-refractivity contribution in [2.45, 2.75) is 26.7 Å². The maximum absolute atomic E-state index is 4.14. The number of piperidine rings is 1. The molecule has 1 atom stereocenters. The van der Waals surface area contributed by atoms with Gasteiger partial charge in [0.25, 0.3) is 0 Å². The Morgan fingerprint density at radius 3 is 2.73 bits per heavy atom. The van der Waals surface area contributed by atoms with Gasteiger partial charge >= 0.3 is 0 Å². The highest BCUT2D eigenvalue weighted by Crippen LogP contribution is 2.23. The zero-order valence-electron chi connectivity index (χ0n) is 7.69. The lowest BCUT2D eigenvalue weighted by molar-refractivity contribution is 0.400. The second kappa shape index (κ2) is 3.91. The molecule has 0 bridgehead atoms. The third-order valence-electron chi connectivity index (χ3n) is 2.56. The fourth-order valence-electron chi connectivity index (χ4n) is 1.64. The first kappa shape index (κ1) is 8.79. The lowest BCUT2D eigenvalue weighted by Gasteiger charge is -2.26. The Kier molecular flexibility index (Phi) is 3.13. The van der Waals surface area contributed by atoms with E-state index in [4.69, 9.17) is 0 Å². The van der Waals surface area contributed by atoms with Crippen LogP contribution in [0.25, 0.3) is 0 Å². The fraction of sp³-hybridized carbons (Fsp3) is 0.800. The summed E-state index contributed by atoms with van der Waals surface area (Å²) >= 11 is 0. The van der Waals surface area contributed by atoms with E-state index in [2.05, 4.69) is 25.7 Å². The molecule has 0 spiro atoms. The van der Waals surface area contributed by atoms with E-state index in [0.29, 0.717) is 5.92 Å². The van der Waals surface area contributed by atoms with Crippen LogP contribution < -0.4 is 5.32 Å². The molecule has 0 aliphatic carbocycles. The molecule has 0 aromatic carbocycles. The van der Waals surface area contributed by atoms with Crippen LogP contribution >= 0.6 is 0 Å². The summed E-state index contributed by atoms with van der Waals surface area (Å²) in [7, 11) is 0. The van der Waals surface area contributed by atoms with Crippen molar-refractivity contribution in [2.75, 3.05) is 13.1 Å². The number of hydrogen-bond donors (Lipinski definition) is 1. The smallest absolute Gasteiger partial charge is 0.00169 e. The van der Waals surface area contributed by atoms with Crippen molar-refractivity contribution in [1.29, 1.82) is 0 Å². The van der Waals surface area contributed by atoms with Gasteiger partial charge in [0.2, 0.25) is 0 Å². The van der Waals surface area contributed by atoms with Crippen molar-refractivity contribution in [3.8, 4) is 0 Å². The summed E-state index contributed by atoms with van der Waals surface area (Å²) in [6, 6.07) is 0. The average molecular weight is 153 g/mol. The van der Waals surface area contributed by atoms with Gasteiger partial charge in [0.05, 0.1) is 0 Å². The van der Waals surface area contributed by atoms with Gasteiger partial charge in [-0.1, -0.05) is 26.0 Å². The average Bonchev–Trinajstić information content (AvgIpc) is 2.05. The van der Waals surface area contributed by atoms with E-state index in [-0.39, 0.29) is 0 Å². The Labute approximate surface area is 69.9 Å². The zero-order chi connectivity index (χ0) is 8.27. The molecule has 0 amide bonds. The Morgan fingerprint density at radius 2 is 2.27 bits per heavy atom. The summed E-state index contributed by atoms with van der Waals surface area (Å²) in [5, 5.41) is 3.41. The molecule has 1 N–H and O–H groups in total. The van der Waals surface area contributed by atoms with E-state index in [0.717, 1.165) is 12.5 Å². The zero-order valence-corrected chi connectivity index (χ0v) is 7.69. The van der Waals surface area contributed by atoms with Crippen LogP contribution in [0.3, 0.4) is 0 Å². The topological polar surface area (TPSA) is 12.0 Å². The minimum Gasteiger partial charge on any atom is -0.316 e. The van der Waals surface area contributed by atoms with E-state index >= 15 is 0 Å². The summed E-state index contributed by atoms with van der Waals surface area (Å²) in [5.74, 6) is 1.39. The first-order chi connectivity index (χ1) is 5.22. The molecule has 1 saturated heterocycles. The highest BCUT2D eigenvalue weighted by Gasteiger charge is 2.17. The molecule has 0 aromatic heterocycles. The van der Waals surface area contributed by atoms with E-state index < -0.39 is 0 Å². The molecule has 0 saturated carbocycles. The van der Waals surface area contributed by atoms with Gasteiger partial charge < -0.3 is 5.32 Å². The molecule has 1 rings (SSSR count). The SMILES string of the molecule is C=C(C(C)C)C1CCCNC1. The van der Waals surface area contributed by atoms with Gasteiger partial charge in [0.15, 0.2) is 0 Å². The molecule has 0 radical (unpaired) electrons. The third-order valence-corrected chi connectivity index (χ3v) is 2.56. The summed E-state index contributed by atoms with van der Waals surface area (Å²) < 4.78 is 0. The standard InChI is InChI=1S/C10H19N/c1-8(2)9(3)10-5-4-6-11-7-10/h8,10-11H,3-7H2,1-2H3. The number of hydrogen-bond acceptors (Lipinski definition) is 1. The number of rotatable bonds is 2. The molecule has 64 valence electrons. The Morgan fingerprint density at radius 1 is 1.55 bits per heavy atom. The third kappa shape index (κ3) is 2.33. The van der Waals surface area contributed by atoms with Gasteiger partial charge in [0, 0.05) is 6.54 Å².